The fourth-order valence-corrected chi connectivity index (χ4v) is 2.38. The summed E-state index contributed by atoms with van der Waals surface area (Å²) < 4.78 is 0. The molecule has 0 unspecified atom stereocenters. The third kappa shape index (κ3) is 4.18. The smallest absolute Gasteiger partial charge is 0.319 e. The van der Waals surface area contributed by atoms with Gasteiger partial charge in [-0.3, -0.25) is 0 Å². The summed E-state index contributed by atoms with van der Waals surface area (Å²) >= 11 is 0. The number of rotatable bonds is 2. The standard InChI is InChI=1S/C15H24N4O/c1-15(2,3)13-16-9-12(10-17-13)19-14(20)18-11-7-5-4-6-8-11/h9-11H,4-8H2,1-3H3,(H2,18,19,20). The molecule has 0 spiro atoms. The number of hydrogen-bond donors (Lipinski definition) is 2. The van der Waals surface area contributed by atoms with E-state index in [1.165, 1.54) is 19.3 Å². The molecule has 1 aromatic rings. The Bertz CT molecular complexity index is 444. The van der Waals surface area contributed by atoms with Crippen molar-refractivity contribution in [2.45, 2.75) is 64.3 Å². The van der Waals surface area contributed by atoms with Crippen molar-refractivity contribution < 1.29 is 4.79 Å². The van der Waals surface area contributed by atoms with E-state index in [0.29, 0.717) is 11.7 Å². The van der Waals surface area contributed by atoms with Crippen LogP contribution in [0.1, 0.15) is 58.7 Å². The van der Waals surface area contributed by atoms with Crippen LogP contribution in [0.3, 0.4) is 0 Å². The van der Waals surface area contributed by atoms with Gasteiger partial charge in [0.25, 0.3) is 0 Å². The molecule has 0 saturated heterocycles. The molecule has 20 heavy (non-hydrogen) atoms. The van der Waals surface area contributed by atoms with E-state index in [1.807, 2.05) is 0 Å². The van der Waals surface area contributed by atoms with Gasteiger partial charge in [-0.1, -0.05) is 40.0 Å². The minimum absolute atomic E-state index is 0.0805. The summed E-state index contributed by atoms with van der Waals surface area (Å²) in [5.74, 6) is 0.774. The van der Waals surface area contributed by atoms with Gasteiger partial charge in [0.2, 0.25) is 0 Å². The fourth-order valence-electron chi connectivity index (χ4n) is 2.38. The first kappa shape index (κ1) is 14.8. The quantitative estimate of drug-likeness (QED) is 0.871. The Kier molecular flexibility index (Phi) is 4.57. The summed E-state index contributed by atoms with van der Waals surface area (Å²) in [4.78, 5) is 20.5. The van der Waals surface area contributed by atoms with Gasteiger partial charge in [0.1, 0.15) is 5.82 Å². The Labute approximate surface area is 120 Å². The predicted molar refractivity (Wildman–Crippen MR) is 79.8 cm³/mol. The third-order valence-corrected chi connectivity index (χ3v) is 3.52. The number of anilines is 1. The molecule has 1 aromatic heterocycles. The lowest BCUT2D eigenvalue weighted by molar-refractivity contribution is 0.244. The molecule has 0 aliphatic heterocycles. The van der Waals surface area contributed by atoms with E-state index in [0.717, 1.165) is 18.7 Å². The van der Waals surface area contributed by atoms with Crippen molar-refractivity contribution in [3.05, 3.63) is 18.2 Å². The molecule has 1 heterocycles. The second-order valence-corrected chi connectivity index (χ2v) is 6.48. The molecule has 1 aliphatic rings. The minimum atomic E-state index is -0.163. The van der Waals surface area contributed by atoms with Crippen LogP contribution in [-0.4, -0.2) is 22.0 Å². The summed E-state index contributed by atoms with van der Waals surface area (Å²) in [5, 5.41) is 5.80. The van der Waals surface area contributed by atoms with E-state index in [9.17, 15) is 4.79 Å². The van der Waals surface area contributed by atoms with Gasteiger partial charge in [-0.05, 0) is 12.8 Å². The molecule has 0 atom stereocenters. The summed E-state index contributed by atoms with van der Waals surface area (Å²) in [6, 6.07) is 0.141. The number of aromatic nitrogens is 2. The zero-order valence-electron chi connectivity index (χ0n) is 12.6. The maximum absolute atomic E-state index is 11.9. The molecule has 5 heteroatoms. The summed E-state index contributed by atoms with van der Waals surface area (Å²) in [5.41, 5.74) is 0.550. The Balaban J connectivity index is 1.87. The van der Waals surface area contributed by atoms with Crippen LogP contribution in [0.4, 0.5) is 10.5 Å². The highest BCUT2D eigenvalue weighted by molar-refractivity contribution is 5.89. The van der Waals surface area contributed by atoms with Crippen molar-refractivity contribution in [1.29, 1.82) is 0 Å². The van der Waals surface area contributed by atoms with Crippen molar-refractivity contribution in [2.24, 2.45) is 0 Å². The highest BCUT2D eigenvalue weighted by Crippen LogP contribution is 2.19. The van der Waals surface area contributed by atoms with E-state index >= 15 is 0 Å². The van der Waals surface area contributed by atoms with Crippen LogP contribution >= 0.6 is 0 Å². The second-order valence-electron chi connectivity index (χ2n) is 6.48. The largest absolute Gasteiger partial charge is 0.335 e. The van der Waals surface area contributed by atoms with Crippen LogP contribution in [0.2, 0.25) is 0 Å². The van der Waals surface area contributed by atoms with Crippen LogP contribution < -0.4 is 10.6 Å². The molecule has 0 aromatic carbocycles. The molecule has 5 nitrogen and oxygen atoms in total. The first-order valence-electron chi connectivity index (χ1n) is 7.35. The zero-order chi connectivity index (χ0) is 14.6. The van der Waals surface area contributed by atoms with E-state index < -0.39 is 0 Å². The van der Waals surface area contributed by atoms with E-state index in [-0.39, 0.29) is 11.4 Å². The monoisotopic (exact) mass is 276 g/mol. The van der Waals surface area contributed by atoms with Gasteiger partial charge in [0.15, 0.2) is 0 Å². The normalized spacial score (nSPS) is 16.8. The molecule has 0 radical (unpaired) electrons. The lowest BCUT2D eigenvalue weighted by Crippen LogP contribution is -2.39. The lowest BCUT2D eigenvalue weighted by Gasteiger charge is -2.22. The number of carbonyl (C=O) groups is 1. The molecule has 1 fully saturated rings. The van der Waals surface area contributed by atoms with Crippen molar-refractivity contribution in [3.63, 3.8) is 0 Å². The zero-order valence-corrected chi connectivity index (χ0v) is 12.6. The summed E-state index contributed by atoms with van der Waals surface area (Å²) in [6.07, 6.45) is 9.16. The Morgan fingerprint density at radius 2 is 1.75 bits per heavy atom. The Hall–Kier alpha value is -1.65. The third-order valence-electron chi connectivity index (χ3n) is 3.52. The Morgan fingerprint density at radius 1 is 1.15 bits per heavy atom. The first-order valence-corrected chi connectivity index (χ1v) is 7.35. The van der Waals surface area contributed by atoms with Crippen LogP contribution in [0.15, 0.2) is 12.4 Å². The average Bonchev–Trinajstić information content (AvgIpc) is 2.39. The number of nitrogens with one attached hydrogen (secondary N) is 2. The van der Waals surface area contributed by atoms with Gasteiger partial charge in [0, 0.05) is 11.5 Å². The molecule has 1 saturated carbocycles. The number of nitrogens with zero attached hydrogens (tertiary/aromatic N) is 2. The second kappa shape index (κ2) is 6.20. The molecule has 0 bridgehead atoms. The number of carbonyl (C=O) groups excluding carboxylic acids is 1. The van der Waals surface area contributed by atoms with Gasteiger partial charge in [-0.25, -0.2) is 14.8 Å². The minimum Gasteiger partial charge on any atom is -0.335 e. The van der Waals surface area contributed by atoms with Gasteiger partial charge in [-0.15, -0.1) is 0 Å². The molecular weight excluding hydrogens is 252 g/mol. The molecule has 2 N–H and O–H groups in total. The first-order chi connectivity index (χ1) is 9.45. The molecule has 2 amide bonds. The van der Waals surface area contributed by atoms with Crippen LogP contribution in [0.5, 0.6) is 0 Å². The lowest BCUT2D eigenvalue weighted by atomic mass is 9.96. The molecule has 2 rings (SSSR count). The van der Waals surface area contributed by atoms with Crippen LogP contribution in [-0.2, 0) is 5.41 Å². The molecular formula is C15H24N4O. The molecule has 1 aliphatic carbocycles. The van der Waals surface area contributed by atoms with Gasteiger partial charge < -0.3 is 10.6 Å². The Morgan fingerprint density at radius 3 is 2.30 bits per heavy atom. The van der Waals surface area contributed by atoms with Crippen molar-refractivity contribution in [2.75, 3.05) is 5.32 Å². The van der Waals surface area contributed by atoms with E-state index in [1.54, 1.807) is 12.4 Å². The van der Waals surface area contributed by atoms with Gasteiger partial charge in [0.05, 0.1) is 18.1 Å². The van der Waals surface area contributed by atoms with Crippen LogP contribution in [0, 0.1) is 0 Å². The number of urea groups is 1. The summed E-state index contributed by atoms with van der Waals surface area (Å²) in [7, 11) is 0. The van der Waals surface area contributed by atoms with Crippen LogP contribution in [0.25, 0.3) is 0 Å². The average molecular weight is 276 g/mol. The van der Waals surface area contributed by atoms with E-state index in [4.69, 9.17) is 0 Å². The highest BCUT2D eigenvalue weighted by atomic mass is 16.2. The predicted octanol–water partition coefficient (Wildman–Crippen LogP) is 3.23. The summed E-state index contributed by atoms with van der Waals surface area (Å²) in [6.45, 7) is 6.18. The highest BCUT2D eigenvalue weighted by Gasteiger charge is 2.18. The van der Waals surface area contributed by atoms with Gasteiger partial charge in [-0.2, -0.15) is 0 Å². The maximum atomic E-state index is 11.9. The van der Waals surface area contributed by atoms with Crippen molar-refractivity contribution in [1.82, 2.24) is 15.3 Å². The van der Waals surface area contributed by atoms with E-state index in [2.05, 4.69) is 41.4 Å². The van der Waals surface area contributed by atoms with Gasteiger partial charge >= 0.3 is 6.03 Å². The SMILES string of the molecule is CC(C)(C)c1ncc(NC(=O)NC2CCCCC2)cn1. The number of amides is 2. The maximum Gasteiger partial charge on any atom is 0.319 e. The topological polar surface area (TPSA) is 66.9 Å². The number of hydrogen-bond acceptors (Lipinski definition) is 3. The fraction of sp³-hybridized carbons (Fsp3) is 0.667. The van der Waals surface area contributed by atoms with Crippen molar-refractivity contribution >= 4 is 11.7 Å². The molecule has 110 valence electrons. The van der Waals surface area contributed by atoms with Crippen molar-refractivity contribution in [3.8, 4) is 0 Å².